The number of phenols is 1. The first kappa shape index (κ1) is 19.1. The number of para-hydroxylation sites is 1. The normalized spacial score (nSPS) is 23.0. The standard InChI is InChI=1S/C19H27NO3.ClH/c1-20(2)11-10-16(13-20)23-18(21)12-15-8-5-9-17(19(15)22)14-6-3-4-7-14;/h5,8-9,14,16H,3-4,6-7,10-13H2,1-2H3;1H. The van der Waals surface area contributed by atoms with Crippen LogP contribution in [-0.4, -0.2) is 48.8 Å². The second kappa shape index (κ2) is 7.75. The summed E-state index contributed by atoms with van der Waals surface area (Å²) in [5.74, 6) is 0.522. The fourth-order valence-corrected chi connectivity index (χ4v) is 4.03. The molecule has 3 rings (SSSR count). The molecule has 1 aromatic rings. The summed E-state index contributed by atoms with van der Waals surface area (Å²) < 4.78 is 6.51. The van der Waals surface area contributed by atoms with E-state index in [0.717, 1.165) is 42.4 Å². The van der Waals surface area contributed by atoms with E-state index in [1.807, 2.05) is 18.2 Å². The van der Waals surface area contributed by atoms with Crippen LogP contribution in [0.5, 0.6) is 5.75 Å². The fraction of sp³-hybridized carbons (Fsp3) is 0.632. The van der Waals surface area contributed by atoms with Gasteiger partial charge < -0.3 is 26.7 Å². The number of rotatable bonds is 4. The molecule has 4 nitrogen and oxygen atoms in total. The minimum Gasteiger partial charge on any atom is -1.00 e. The smallest absolute Gasteiger partial charge is 0.310 e. The maximum Gasteiger partial charge on any atom is 0.310 e. The number of hydrogen-bond donors (Lipinski definition) is 1. The van der Waals surface area contributed by atoms with Crippen LogP contribution in [0.4, 0.5) is 0 Å². The lowest BCUT2D eigenvalue weighted by Crippen LogP contribution is -3.00. The van der Waals surface area contributed by atoms with Crippen LogP contribution in [0, 0.1) is 0 Å². The number of phenolic OH excluding ortho intramolecular Hbond substituents is 1. The molecule has 2 aliphatic rings. The van der Waals surface area contributed by atoms with Crippen LogP contribution in [0.3, 0.4) is 0 Å². The molecule has 0 spiro atoms. The molecule has 24 heavy (non-hydrogen) atoms. The monoisotopic (exact) mass is 353 g/mol. The number of esters is 1. The third kappa shape index (κ3) is 4.42. The molecule has 0 radical (unpaired) electrons. The molecule has 0 aromatic heterocycles. The quantitative estimate of drug-likeness (QED) is 0.611. The van der Waals surface area contributed by atoms with Crippen molar-refractivity contribution in [3.05, 3.63) is 29.3 Å². The van der Waals surface area contributed by atoms with Gasteiger partial charge in [-0.2, -0.15) is 0 Å². The molecule has 1 atom stereocenters. The number of nitrogens with zero attached hydrogens (tertiary/aromatic N) is 1. The van der Waals surface area contributed by atoms with E-state index in [2.05, 4.69) is 14.1 Å². The molecule has 1 aliphatic carbocycles. The Hall–Kier alpha value is -1.26. The van der Waals surface area contributed by atoms with Gasteiger partial charge in [0.25, 0.3) is 0 Å². The number of benzene rings is 1. The molecule has 1 unspecified atom stereocenters. The molecule has 0 bridgehead atoms. The van der Waals surface area contributed by atoms with E-state index in [1.54, 1.807) is 0 Å². The molecule has 134 valence electrons. The van der Waals surface area contributed by atoms with Crippen molar-refractivity contribution in [2.75, 3.05) is 27.2 Å². The van der Waals surface area contributed by atoms with Crippen LogP contribution in [0.15, 0.2) is 18.2 Å². The summed E-state index contributed by atoms with van der Waals surface area (Å²) in [7, 11) is 4.31. The number of halogens is 1. The molecule has 1 aromatic carbocycles. The fourth-order valence-electron chi connectivity index (χ4n) is 4.03. The molecule has 5 heteroatoms. The Labute approximate surface area is 150 Å². The minimum atomic E-state index is -0.226. The molecule has 2 fully saturated rings. The highest BCUT2D eigenvalue weighted by atomic mass is 35.5. The van der Waals surface area contributed by atoms with Gasteiger partial charge in [-0.1, -0.05) is 31.0 Å². The molecule has 1 heterocycles. The average molecular weight is 354 g/mol. The molecular weight excluding hydrogens is 326 g/mol. The first-order chi connectivity index (χ1) is 10.9. The third-order valence-corrected chi connectivity index (χ3v) is 5.33. The van der Waals surface area contributed by atoms with Crippen molar-refractivity contribution in [2.45, 2.75) is 50.5 Å². The summed E-state index contributed by atoms with van der Waals surface area (Å²) in [4.78, 5) is 12.2. The van der Waals surface area contributed by atoms with Gasteiger partial charge in [0.05, 0.1) is 27.1 Å². The summed E-state index contributed by atoms with van der Waals surface area (Å²) in [6, 6.07) is 5.78. The van der Waals surface area contributed by atoms with Gasteiger partial charge in [0.2, 0.25) is 0 Å². The van der Waals surface area contributed by atoms with Crippen molar-refractivity contribution in [2.24, 2.45) is 0 Å². The zero-order valence-corrected chi connectivity index (χ0v) is 15.4. The average Bonchev–Trinajstić information content (AvgIpc) is 3.11. The highest BCUT2D eigenvalue weighted by Crippen LogP contribution is 2.39. The maximum atomic E-state index is 12.2. The summed E-state index contributed by atoms with van der Waals surface area (Å²) in [6.45, 7) is 1.92. The Balaban J connectivity index is 0.00000208. The van der Waals surface area contributed by atoms with Crippen molar-refractivity contribution in [1.29, 1.82) is 0 Å². The summed E-state index contributed by atoms with van der Waals surface area (Å²) in [5.41, 5.74) is 1.71. The Kier molecular flexibility index (Phi) is 6.16. The maximum absolute atomic E-state index is 12.2. The van der Waals surface area contributed by atoms with Gasteiger partial charge in [-0.05, 0) is 24.3 Å². The van der Waals surface area contributed by atoms with Crippen molar-refractivity contribution in [3.63, 3.8) is 0 Å². The summed E-state index contributed by atoms with van der Waals surface area (Å²) in [5, 5.41) is 10.5. The van der Waals surface area contributed by atoms with Crippen molar-refractivity contribution in [1.82, 2.24) is 0 Å². The number of carbonyl (C=O) groups is 1. The van der Waals surface area contributed by atoms with Crippen LogP contribution in [-0.2, 0) is 16.0 Å². The zero-order valence-electron chi connectivity index (χ0n) is 14.6. The summed E-state index contributed by atoms with van der Waals surface area (Å²) >= 11 is 0. The largest absolute Gasteiger partial charge is 1.00 e. The number of ether oxygens (including phenoxy) is 1. The first-order valence-electron chi connectivity index (χ1n) is 8.77. The predicted molar refractivity (Wildman–Crippen MR) is 89.4 cm³/mol. The van der Waals surface area contributed by atoms with Gasteiger partial charge in [0.15, 0.2) is 6.10 Å². The number of carbonyl (C=O) groups excluding carboxylic acids is 1. The van der Waals surface area contributed by atoms with E-state index in [4.69, 9.17) is 4.74 Å². The lowest BCUT2D eigenvalue weighted by molar-refractivity contribution is -0.879. The van der Waals surface area contributed by atoms with Crippen LogP contribution in [0.1, 0.15) is 49.1 Å². The Bertz CT molecular complexity index is 582. The second-order valence-electron chi connectivity index (χ2n) is 7.76. The van der Waals surface area contributed by atoms with Crippen LogP contribution in [0.25, 0.3) is 0 Å². The van der Waals surface area contributed by atoms with E-state index in [9.17, 15) is 9.90 Å². The zero-order chi connectivity index (χ0) is 16.4. The van der Waals surface area contributed by atoms with Crippen molar-refractivity contribution >= 4 is 5.97 Å². The van der Waals surface area contributed by atoms with Gasteiger partial charge in [0, 0.05) is 12.0 Å². The number of aromatic hydroxyl groups is 1. The van der Waals surface area contributed by atoms with Gasteiger partial charge in [-0.25, -0.2) is 0 Å². The number of likely N-dealkylation sites (tertiary alicyclic amines) is 1. The number of likely N-dealkylation sites (N-methyl/N-ethyl adjacent to an activating group) is 1. The highest BCUT2D eigenvalue weighted by molar-refractivity contribution is 5.74. The Morgan fingerprint density at radius 3 is 2.58 bits per heavy atom. The van der Waals surface area contributed by atoms with Crippen LogP contribution < -0.4 is 12.4 Å². The molecule has 1 saturated carbocycles. The highest BCUT2D eigenvalue weighted by Gasteiger charge is 2.33. The molecule has 1 N–H and O–H groups in total. The van der Waals surface area contributed by atoms with Gasteiger partial charge in [-0.15, -0.1) is 0 Å². The van der Waals surface area contributed by atoms with E-state index in [0.29, 0.717) is 17.2 Å². The Morgan fingerprint density at radius 1 is 1.25 bits per heavy atom. The molecule has 1 saturated heterocycles. The lowest BCUT2D eigenvalue weighted by atomic mass is 9.94. The number of hydrogen-bond acceptors (Lipinski definition) is 3. The van der Waals surface area contributed by atoms with Crippen LogP contribution >= 0.6 is 0 Å². The number of quaternary nitrogens is 1. The van der Waals surface area contributed by atoms with Crippen LogP contribution in [0.2, 0.25) is 0 Å². The van der Waals surface area contributed by atoms with Gasteiger partial charge in [0.1, 0.15) is 12.3 Å². The van der Waals surface area contributed by atoms with E-state index in [1.165, 1.54) is 12.8 Å². The van der Waals surface area contributed by atoms with E-state index in [-0.39, 0.29) is 30.9 Å². The van der Waals surface area contributed by atoms with Crippen molar-refractivity contribution in [3.8, 4) is 5.75 Å². The Morgan fingerprint density at radius 2 is 1.96 bits per heavy atom. The van der Waals surface area contributed by atoms with Crippen molar-refractivity contribution < 1.29 is 31.5 Å². The van der Waals surface area contributed by atoms with Gasteiger partial charge in [-0.3, -0.25) is 4.79 Å². The second-order valence-corrected chi connectivity index (χ2v) is 7.76. The van der Waals surface area contributed by atoms with Gasteiger partial charge >= 0.3 is 5.97 Å². The summed E-state index contributed by atoms with van der Waals surface area (Å²) in [6.07, 6.45) is 5.83. The predicted octanol–water partition coefficient (Wildman–Crippen LogP) is -0.0118. The lowest BCUT2D eigenvalue weighted by Gasteiger charge is -2.23. The topological polar surface area (TPSA) is 46.5 Å². The minimum absolute atomic E-state index is 0. The van der Waals surface area contributed by atoms with E-state index >= 15 is 0 Å². The molecular formula is C19H28ClNO3. The first-order valence-corrected chi connectivity index (χ1v) is 8.77. The molecule has 0 amide bonds. The van der Waals surface area contributed by atoms with E-state index < -0.39 is 0 Å². The SMILES string of the molecule is C[N+]1(C)CCC(OC(=O)Cc2cccc(C3CCCC3)c2O)C1.[Cl-]. The molecule has 1 aliphatic heterocycles. The third-order valence-electron chi connectivity index (χ3n) is 5.33.